The number of alkyl halides is 1. The number of ether oxygens (including phenoxy) is 1. The molecule has 1 aromatic rings. The number of anilines is 1. The summed E-state index contributed by atoms with van der Waals surface area (Å²) >= 11 is 6.07. The van der Waals surface area contributed by atoms with Crippen LogP contribution in [-0.4, -0.2) is 24.0 Å². The first-order valence-electron chi connectivity index (χ1n) is 5.66. The molecule has 2 atom stereocenters. The largest absolute Gasteiger partial charge is 0.495 e. The highest BCUT2D eigenvalue weighted by Crippen LogP contribution is 2.29. The molecule has 88 valence electrons. The normalized spacial score (nSPS) is 24.4. The van der Waals surface area contributed by atoms with Gasteiger partial charge in [0.15, 0.2) is 0 Å². The van der Waals surface area contributed by atoms with E-state index in [-0.39, 0.29) is 0 Å². The van der Waals surface area contributed by atoms with Crippen molar-refractivity contribution in [2.45, 2.75) is 24.6 Å². The lowest BCUT2D eigenvalue weighted by molar-refractivity contribution is 0.413. The Bertz CT molecular complexity index is 328. The molecule has 0 aromatic carbocycles. The summed E-state index contributed by atoms with van der Waals surface area (Å²) in [5, 5.41) is 3.70. The SMILES string of the molecule is COc1ccc(NCC2CCC(Cl)C2)nc1. The van der Waals surface area contributed by atoms with Crippen molar-refractivity contribution in [1.29, 1.82) is 0 Å². The van der Waals surface area contributed by atoms with E-state index >= 15 is 0 Å². The van der Waals surface area contributed by atoms with Gasteiger partial charge in [-0.2, -0.15) is 0 Å². The summed E-state index contributed by atoms with van der Waals surface area (Å²) in [6, 6.07) is 3.85. The van der Waals surface area contributed by atoms with Crippen molar-refractivity contribution in [2.75, 3.05) is 19.0 Å². The van der Waals surface area contributed by atoms with Gasteiger partial charge in [0.1, 0.15) is 11.6 Å². The minimum atomic E-state index is 0.371. The predicted molar refractivity (Wildman–Crippen MR) is 66.3 cm³/mol. The van der Waals surface area contributed by atoms with Gasteiger partial charge >= 0.3 is 0 Å². The first kappa shape index (κ1) is 11.5. The molecule has 0 radical (unpaired) electrons. The molecule has 0 amide bonds. The standard InChI is InChI=1S/C12H17ClN2O/c1-16-11-4-5-12(15-8-11)14-7-9-2-3-10(13)6-9/h4-5,8-10H,2-3,6-7H2,1H3,(H,14,15). The Labute approximate surface area is 101 Å². The fourth-order valence-corrected chi connectivity index (χ4v) is 2.43. The summed E-state index contributed by atoms with van der Waals surface area (Å²) in [4.78, 5) is 4.26. The molecule has 0 bridgehead atoms. The molecule has 3 nitrogen and oxygen atoms in total. The Balaban J connectivity index is 1.80. The highest BCUT2D eigenvalue weighted by molar-refractivity contribution is 6.20. The molecule has 2 unspecified atom stereocenters. The molecule has 1 aliphatic carbocycles. The third-order valence-corrected chi connectivity index (χ3v) is 3.42. The van der Waals surface area contributed by atoms with Crippen LogP contribution >= 0.6 is 11.6 Å². The van der Waals surface area contributed by atoms with Crippen LogP contribution in [0.25, 0.3) is 0 Å². The summed E-state index contributed by atoms with van der Waals surface area (Å²) in [5.74, 6) is 2.37. The van der Waals surface area contributed by atoms with Crippen molar-refractivity contribution in [2.24, 2.45) is 5.92 Å². The van der Waals surface area contributed by atoms with Crippen LogP contribution in [0.4, 0.5) is 5.82 Å². The zero-order valence-corrected chi connectivity index (χ0v) is 10.2. The minimum absolute atomic E-state index is 0.371. The van der Waals surface area contributed by atoms with Gasteiger partial charge in [-0.1, -0.05) is 0 Å². The van der Waals surface area contributed by atoms with Crippen molar-refractivity contribution in [3.8, 4) is 5.75 Å². The number of rotatable bonds is 4. The van der Waals surface area contributed by atoms with Gasteiger partial charge in [0.05, 0.1) is 13.3 Å². The third kappa shape index (κ3) is 3.01. The number of nitrogens with zero attached hydrogens (tertiary/aromatic N) is 1. The number of aromatic nitrogens is 1. The zero-order chi connectivity index (χ0) is 11.4. The molecule has 1 saturated carbocycles. The van der Waals surface area contributed by atoms with E-state index in [0.717, 1.165) is 31.0 Å². The van der Waals surface area contributed by atoms with Crippen LogP contribution in [0.15, 0.2) is 18.3 Å². The molecule has 1 N–H and O–H groups in total. The number of hydrogen-bond donors (Lipinski definition) is 1. The number of methoxy groups -OCH3 is 1. The lowest BCUT2D eigenvalue weighted by atomic mass is 10.1. The number of hydrogen-bond acceptors (Lipinski definition) is 3. The Morgan fingerprint density at radius 1 is 1.50 bits per heavy atom. The highest BCUT2D eigenvalue weighted by atomic mass is 35.5. The van der Waals surface area contributed by atoms with Crippen LogP contribution in [0.3, 0.4) is 0 Å². The van der Waals surface area contributed by atoms with Crippen molar-refractivity contribution < 1.29 is 4.74 Å². The summed E-state index contributed by atoms with van der Waals surface area (Å²) in [7, 11) is 1.64. The predicted octanol–water partition coefficient (Wildman–Crippen LogP) is 2.91. The molecular weight excluding hydrogens is 224 g/mol. The Kier molecular flexibility index (Phi) is 3.88. The number of nitrogens with one attached hydrogen (secondary N) is 1. The maximum Gasteiger partial charge on any atom is 0.137 e. The maximum absolute atomic E-state index is 6.07. The lowest BCUT2D eigenvalue weighted by Crippen LogP contribution is -2.12. The van der Waals surface area contributed by atoms with Crippen LogP contribution in [0.2, 0.25) is 0 Å². The van der Waals surface area contributed by atoms with Crippen LogP contribution < -0.4 is 10.1 Å². The first-order valence-corrected chi connectivity index (χ1v) is 6.09. The molecule has 0 spiro atoms. The molecule has 0 saturated heterocycles. The monoisotopic (exact) mass is 240 g/mol. The van der Waals surface area contributed by atoms with Crippen LogP contribution in [0.1, 0.15) is 19.3 Å². The van der Waals surface area contributed by atoms with Crippen molar-refractivity contribution in [3.63, 3.8) is 0 Å². The summed E-state index contributed by atoms with van der Waals surface area (Å²) in [5.41, 5.74) is 0. The third-order valence-electron chi connectivity index (χ3n) is 3.02. The molecule has 4 heteroatoms. The molecule has 0 aliphatic heterocycles. The molecule has 16 heavy (non-hydrogen) atoms. The summed E-state index contributed by atoms with van der Waals surface area (Å²) < 4.78 is 5.05. The fraction of sp³-hybridized carbons (Fsp3) is 0.583. The average molecular weight is 241 g/mol. The number of halogens is 1. The van der Waals surface area contributed by atoms with Gasteiger partial charge in [0.2, 0.25) is 0 Å². The number of pyridine rings is 1. The Morgan fingerprint density at radius 3 is 2.94 bits per heavy atom. The van der Waals surface area contributed by atoms with Crippen LogP contribution in [0, 0.1) is 5.92 Å². The van der Waals surface area contributed by atoms with E-state index in [2.05, 4.69) is 10.3 Å². The Morgan fingerprint density at radius 2 is 2.38 bits per heavy atom. The maximum atomic E-state index is 6.07. The van der Waals surface area contributed by atoms with Crippen molar-refractivity contribution >= 4 is 17.4 Å². The van der Waals surface area contributed by atoms with E-state index in [9.17, 15) is 0 Å². The minimum Gasteiger partial charge on any atom is -0.495 e. The molecular formula is C12H17ClN2O. The molecule has 1 fully saturated rings. The highest BCUT2D eigenvalue weighted by Gasteiger charge is 2.22. The fourth-order valence-electron chi connectivity index (χ4n) is 2.05. The first-order chi connectivity index (χ1) is 7.78. The second-order valence-electron chi connectivity index (χ2n) is 4.24. The van der Waals surface area contributed by atoms with E-state index in [1.807, 2.05) is 12.1 Å². The van der Waals surface area contributed by atoms with Crippen LogP contribution in [-0.2, 0) is 0 Å². The second kappa shape index (κ2) is 5.39. The Hall–Kier alpha value is -0.960. The second-order valence-corrected chi connectivity index (χ2v) is 4.86. The van der Waals surface area contributed by atoms with Gasteiger partial charge in [-0.05, 0) is 37.3 Å². The van der Waals surface area contributed by atoms with Gasteiger partial charge < -0.3 is 10.1 Å². The van der Waals surface area contributed by atoms with Gasteiger partial charge in [0.25, 0.3) is 0 Å². The van der Waals surface area contributed by atoms with E-state index in [1.165, 1.54) is 6.42 Å². The van der Waals surface area contributed by atoms with E-state index in [4.69, 9.17) is 16.3 Å². The molecule has 1 aliphatic rings. The van der Waals surface area contributed by atoms with Gasteiger partial charge in [-0.25, -0.2) is 4.98 Å². The quantitative estimate of drug-likeness (QED) is 0.822. The molecule has 2 rings (SSSR count). The van der Waals surface area contributed by atoms with Crippen LogP contribution in [0.5, 0.6) is 5.75 Å². The topological polar surface area (TPSA) is 34.1 Å². The molecule has 1 heterocycles. The zero-order valence-electron chi connectivity index (χ0n) is 9.45. The van der Waals surface area contributed by atoms with Crippen molar-refractivity contribution in [1.82, 2.24) is 4.98 Å². The lowest BCUT2D eigenvalue weighted by Gasteiger charge is -2.11. The van der Waals surface area contributed by atoms with E-state index < -0.39 is 0 Å². The molecule has 1 aromatic heterocycles. The van der Waals surface area contributed by atoms with Crippen molar-refractivity contribution in [3.05, 3.63) is 18.3 Å². The summed E-state index contributed by atoms with van der Waals surface area (Å²) in [6.07, 6.45) is 5.20. The smallest absolute Gasteiger partial charge is 0.137 e. The van der Waals surface area contributed by atoms with Gasteiger partial charge in [0, 0.05) is 11.9 Å². The van der Waals surface area contributed by atoms with E-state index in [1.54, 1.807) is 13.3 Å². The summed E-state index contributed by atoms with van der Waals surface area (Å²) in [6.45, 7) is 0.961. The van der Waals surface area contributed by atoms with Gasteiger partial charge in [-0.15, -0.1) is 11.6 Å². The average Bonchev–Trinajstić information content (AvgIpc) is 2.73. The van der Waals surface area contributed by atoms with E-state index in [0.29, 0.717) is 11.3 Å². The van der Waals surface area contributed by atoms with Gasteiger partial charge in [-0.3, -0.25) is 0 Å².